The number of ether oxygens (including phenoxy) is 1. The first-order chi connectivity index (χ1) is 10.5. The zero-order chi connectivity index (χ0) is 15.7. The number of furan rings is 1. The van der Waals surface area contributed by atoms with E-state index in [1.54, 1.807) is 19.1 Å². The van der Waals surface area contributed by atoms with Crippen LogP contribution in [0.5, 0.6) is 0 Å². The molecule has 2 aliphatic rings. The highest BCUT2D eigenvalue weighted by atomic mass is 32.2. The first kappa shape index (κ1) is 15.5. The van der Waals surface area contributed by atoms with Crippen LogP contribution in [0.1, 0.15) is 18.6 Å². The minimum absolute atomic E-state index is 0.0415. The Labute approximate surface area is 129 Å². The second kappa shape index (κ2) is 6.02. The first-order valence-corrected chi connectivity index (χ1v) is 9.03. The number of nitrogens with zero attached hydrogens (tertiary/aromatic N) is 2. The van der Waals surface area contributed by atoms with Crippen molar-refractivity contribution in [1.82, 2.24) is 4.31 Å². The van der Waals surface area contributed by atoms with Gasteiger partial charge in [0.2, 0.25) is 21.8 Å². The Morgan fingerprint density at radius 3 is 2.73 bits per heavy atom. The molecule has 1 aromatic rings. The van der Waals surface area contributed by atoms with Gasteiger partial charge in [0.25, 0.3) is 0 Å². The van der Waals surface area contributed by atoms with Gasteiger partial charge in [-0.15, -0.1) is 0 Å². The van der Waals surface area contributed by atoms with E-state index in [2.05, 4.69) is 0 Å². The van der Waals surface area contributed by atoms with Crippen molar-refractivity contribution in [1.29, 1.82) is 0 Å². The molecular weight excluding hydrogens is 308 g/mol. The second-order valence-electron chi connectivity index (χ2n) is 5.68. The highest BCUT2D eigenvalue weighted by Gasteiger charge is 2.35. The Morgan fingerprint density at radius 2 is 2.14 bits per heavy atom. The van der Waals surface area contributed by atoms with Crippen LogP contribution in [0, 0.1) is 6.92 Å². The van der Waals surface area contributed by atoms with E-state index >= 15 is 0 Å². The summed E-state index contributed by atoms with van der Waals surface area (Å²) in [6.45, 7) is 2.85. The molecule has 3 rings (SSSR count). The monoisotopic (exact) mass is 328 g/mol. The number of amides is 1. The van der Waals surface area contributed by atoms with Crippen molar-refractivity contribution >= 4 is 21.8 Å². The van der Waals surface area contributed by atoms with Gasteiger partial charge in [0.05, 0.1) is 18.4 Å². The van der Waals surface area contributed by atoms with Gasteiger partial charge in [0.15, 0.2) is 0 Å². The maximum absolute atomic E-state index is 12.4. The maximum Gasteiger partial charge on any atom is 0.244 e. The van der Waals surface area contributed by atoms with E-state index in [9.17, 15) is 13.2 Å². The van der Waals surface area contributed by atoms with Gasteiger partial charge in [-0.1, -0.05) is 0 Å². The number of carbonyl (C=O) groups excluding carboxylic acids is 1. The molecule has 0 bridgehead atoms. The molecule has 0 spiro atoms. The molecule has 22 heavy (non-hydrogen) atoms. The number of sulfonamides is 1. The van der Waals surface area contributed by atoms with E-state index in [0.717, 1.165) is 18.6 Å². The molecule has 0 aromatic carbocycles. The first-order valence-electron chi connectivity index (χ1n) is 7.42. The summed E-state index contributed by atoms with van der Waals surface area (Å²) in [7, 11) is -3.47. The van der Waals surface area contributed by atoms with Gasteiger partial charge in [0, 0.05) is 25.8 Å². The van der Waals surface area contributed by atoms with E-state index in [1.165, 1.54) is 9.21 Å². The molecule has 8 heteroatoms. The number of rotatable bonds is 4. The molecule has 2 aliphatic heterocycles. The van der Waals surface area contributed by atoms with Gasteiger partial charge in [0.1, 0.15) is 5.76 Å². The van der Waals surface area contributed by atoms with Crippen molar-refractivity contribution in [2.45, 2.75) is 25.9 Å². The Balaban J connectivity index is 1.65. The predicted octanol–water partition coefficient (Wildman–Crippen LogP) is 0.745. The van der Waals surface area contributed by atoms with Crippen molar-refractivity contribution in [3.05, 3.63) is 17.9 Å². The van der Waals surface area contributed by atoms with Crippen molar-refractivity contribution in [3.8, 4) is 0 Å². The fourth-order valence-corrected chi connectivity index (χ4v) is 4.42. The van der Waals surface area contributed by atoms with Crippen LogP contribution in [0.4, 0.5) is 5.88 Å². The minimum Gasteiger partial charge on any atom is -0.445 e. The van der Waals surface area contributed by atoms with E-state index in [0.29, 0.717) is 19.0 Å². The zero-order valence-corrected chi connectivity index (χ0v) is 13.3. The molecule has 0 radical (unpaired) electrons. The average molecular weight is 328 g/mol. The van der Waals surface area contributed by atoms with Crippen molar-refractivity contribution in [2.24, 2.45) is 0 Å². The molecule has 1 amide bonds. The maximum atomic E-state index is 12.4. The lowest BCUT2D eigenvalue weighted by Crippen LogP contribution is -2.53. The summed E-state index contributed by atoms with van der Waals surface area (Å²) >= 11 is 0. The van der Waals surface area contributed by atoms with Gasteiger partial charge in [-0.05, 0) is 25.8 Å². The lowest BCUT2D eigenvalue weighted by molar-refractivity contribution is -0.120. The van der Waals surface area contributed by atoms with Crippen LogP contribution in [-0.2, 0) is 19.6 Å². The molecule has 1 atom stereocenters. The van der Waals surface area contributed by atoms with Gasteiger partial charge in [-0.25, -0.2) is 8.42 Å². The number of aryl methyl sites for hydroxylation is 1. The summed E-state index contributed by atoms with van der Waals surface area (Å²) in [5.41, 5.74) is 0. The van der Waals surface area contributed by atoms with Gasteiger partial charge in [-0.3, -0.25) is 9.69 Å². The number of piperazine rings is 1. The van der Waals surface area contributed by atoms with E-state index in [4.69, 9.17) is 9.15 Å². The Morgan fingerprint density at radius 1 is 1.32 bits per heavy atom. The number of carbonyl (C=O) groups is 1. The highest BCUT2D eigenvalue weighted by molar-refractivity contribution is 7.89. The summed E-state index contributed by atoms with van der Waals surface area (Å²) in [5, 5.41) is 0. The lowest BCUT2D eigenvalue weighted by Gasteiger charge is -2.32. The van der Waals surface area contributed by atoms with Crippen LogP contribution in [0.25, 0.3) is 0 Å². The third kappa shape index (κ3) is 3.18. The quantitative estimate of drug-likeness (QED) is 0.815. The van der Waals surface area contributed by atoms with E-state index < -0.39 is 10.0 Å². The number of hydrogen-bond donors (Lipinski definition) is 0. The highest BCUT2D eigenvalue weighted by Crippen LogP contribution is 2.22. The summed E-state index contributed by atoms with van der Waals surface area (Å²) < 4.78 is 36.8. The molecule has 0 saturated carbocycles. The zero-order valence-electron chi connectivity index (χ0n) is 12.5. The molecule has 122 valence electrons. The van der Waals surface area contributed by atoms with Gasteiger partial charge >= 0.3 is 0 Å². The van der Waals surface area contributed by atoms with Crippen LogP contribution in [0.15, 0.2) is 16.5 Å². The molecule has 3 heterocycles. The topological polar surface area (TPSA) is 80.1 Å². The number of anilines is 1. The smallest absolute Gasteiger partial charge is 0.244 e. The fourth-order valence-electron chi connectivity index (χ4n) is 2.80. The standard InChI is InChI=1S/C14H20N2O5S/c1-11-4-5-14(21-11)16-7-6-15(9-13(16)17)22(18,19)10-12-3-2-8-20-12/h4-5,12H,2-3,6-10H2,1H3/t12-/m1/s1. The van der Waals surface area contributed by atoms with Crippen molar-refractivity contribution < 1.29 is 22.4 Å². The van der Waals surface area contributed by atoms with E-state index in [1.807, 2.05) is 0 Å². The molecule has 0 unspecified atom stereocenters. The molecule has 2 saturated heterocycles. The Hall–Kier alpha value is -1.38. The van der Waals surface area contributed by atoms with Gasteiger partial charge in [-0.2, -0.15) is 4.31 Å². The van der Waals surface area contributed by atoms with Crippen LogP contribution >= 0.6 is 0 Å². The van der Waals surface area contributed by atoms with E-state index in [-0.39, 0.29) is 30.9 Å². The molecule has 0 aliphatic carbocycles. The third-order valence-electron chi connectivity index (χ3n) is 3.99. The Kier molecular flexibility index (Phi) is 4.24. The Bertz CT molecular complexity index is 648. The normalized spacial score (nSPS) is 24.1. The summed E-state index contributed by atoms with van der Waals surface area (Å²) in [6, 6.07) is 3.51. The van der Waals surface area contributed by atoms with Crippen molar-refractivity contribution in [2.75, 3.05) is 36.9 Å². The summed E-state index contributed by atoms with van der Waals surface area (Å²) in [5.74, 6) is 0.881. The molecule has 7 nitrogen and oxygen atoms in total. The molecule has 2 fully saturated rings. The molecular formula is C14H20N2O5S. The lowest BCUT2D eigenvalue weighted by atomic mass is 10.3. The van der Waals surface area contributed by atoms with Crippen molar-refractivity contribution in [3.63, 3.8) is 0 Å². The van der Waals surface area contributed by atoms with Gasteiger partial charge < -0.3 is 9.15 Å². The molecule has 0 N–H and O–H groups in total. The average Bonchev–Trinajstić information content (AvgIpc) is 3.10. The van der Waals surface area contributed by atoms with Crippen LogP contribution < -0.4 is 4.90 Å². The second-order valence-corrected chi connectivity index (χ2v) is 7.69. The molecule has 1 aromatic heterocycles. The predicted molar refractivity (Wildman–Crippen MR) is 80.1 cm³/mol. The number of hydrogen-bond acceptors (Lipinski definition) is 5. The fraction of sp³-hybridized carbons (Fsp3) is 0.643. The summed E-state index contributed by atoms with van der Waals surface area (Å²) in [6.07, 6.45) is 1.41. The van der Waals surface area contributed by atoms with Crippen LogP contribution in [0.3, 0.4) is 0 Å². The SMILES string of the molecule is Cc1ccc(N2CCN(S(=O)(=O)C[C@H]3CCCO3)CC2=O)o1. The van der Waals surface area contributed by atoms with Crippen LogP contribution in [-0.4, -0.2) is 56.7 Å². The van der Waals surface area contributed by atoms with Crippen LogP contribution in [0.2, 0.25) is 0 Å². The summed E-state index contributed by atoms with van der Waals surface area (Å²) in [4.78, 5) is 13.7. The minimum atomic E-state index is -3.47. The third-order valence-corrected chi connectivity index (χ3v) is 5.88. The largest absolute Gasteiger partial charge is 0.445 e.